The summed E-state index contributed by atoms with van der Waals surface area (Å²) in [5, 5.41) is 2.90. The third-order valence-corrected chi connectivity index (χ3v) is 4.71. The van der Waals surface area contributed by atoms with Crippen LogP contribution < -0.4 is 11.1 Å². The number of rotatable bonds is 5. The quantitative estimate of drug-likeness (QED) is 0.808. The zero-order valence-electron chi connectivity index (χ0n) is 13.3. The number of likely N-dealkylation sites (N-methyl/N-ethyl adjacent to an activating group) is 1. The van der Waals surface area contributed by atoms with Gasteiger partial charge in [-0.05, 0) is 46.9 Å². The average molecular weight is 303 g/mol. The van der Waals surface area contributed by atoms with Crippen LogP contribution in [-0.2, 0) is 4.74 Å². The molecule has 1 amide bonds. The first-order chi connectivity index (χ1) is 9.24. The van der Waals surface area contributed by atoms with E-state index in [9.17, 15) is 4.79 Å². The number of nitrogens with two attached hydrogens (primary N) is 1. The molecule has 1 saturated heterocycles. The van der Waals surface area contributed by atoms with Gasteiger partial charge in [-0.1, -0.05) is 0 Å². The fourth-order valence-electron chi connectivity index (χ4n) is 2.43. The number of carbonyl (C=O) groups is 1. The van der Waals surface area contributed by atoms with Crippen LogP contribution >= 0.6 is 11.8 Å². The molecule has 20 heavy (non-hydrogen) atoms. The number of alkyl carbamates (subject to hydrolysis) is 1. The molecule has 6 heteroatoms. The van der Waals surface area contributed by atoms with Crippen LogP contribution in [0.2, 0.25) is 0 Å². The second-order valence-corrected chi connectivity index (χ2v) is 7.57. The number of hydrogen-bond acceptors (Lipinski definition) is 5. The van der Waals surface area contributed by atoms with E-state index in [0.717, 1.165) is 5.75 Å². The van der Waals surface area contributed by atoms with Crippen LogP contribution in [-0.4, -0.2) is 59.8 Å². The Morgan fingerprint density at radius 1 is 1.55 bits per heavy atom. The highest BCUT2D eigenvalue weighted by Crippen LogP contribution is 2.23. The monoisotopic (exact) mass is 303 g/mol. The van der Waals surface area contributed by atoms with Gasteiger partial charge in [-0.2, -0.15) is 11.8 Å². The molecule has 0 bridgehead atoms. The molecule has 1 aliphatic rings. The van der Waals surface area contributed by atoms with Gasteiger partial charge in [0.2, 0.25) is 0 Å². The SMILES string of the molecule is CC(NC(=O)OC(C)(C)C)C(CN)N(C)C1CCSC1. The first-order valence-corrected chi connectivity index (χ1v) is 8.39. The summed E-state index contributed by atoms with van der Waals surface area (Å²) < 4.78 is 5.29. The lowest BCUT2D eigenvalue weighted by Crippen LogP contribution is -2.55. The van der Waals surface area contributed by atoms with Crippen molar-refractivity contribution in [1.82, 2.24) is 10.2 Å². The number of ether oxygens (including phenoxy) is 1. The molecule has 1 aliphatic heterocycles. The van der Waals surface area contributed by atoms with Crippen molar-refractivity contribution in [3.05, 3.63) is 0 Å². The Labute approximate surface area is 127 Å². The summed E-state index contributed by atoms with van der Waals surface area (Å²) in [4.78, 5) is 14.1. The first-order valence-electron chi connectivity index (χ1n) is 7.24. The van der Waals surface area contributed by atoms with Gasteiger partial charge in [0.15, 0.2) is 0 Å². The molecule has 0 radical (unpaired) electrons. The molecule has 0 saturated carbocycles. The van der Waals surface area contributed by atoms with Crippen molar-refractivity contribution in [3.8, 4) is 0 Å². The van der Waals surface area contributed by atoms with Crippen LogP contribution in [0.1, 0.15) is 34.1 Å². The molecule has 0 aliphatic carbocycles. The van der Waals surface area contributed by atoms with Crippen LogP contribution in [0.25, 0.3) is 0 Å². The number of amides is 1. The van der Waals surface area contributed by atoms with Crippen LogP contribution in [0.5, 0.6) is 0 Å². The summed E-state index contributed by atoms with van der Waals surface area (Å²) in [6, 6.07) is 0.646. The Morgan fingerprint density at radius 2 is 2.20 bits per heavy atom. The maximum Gasteiger partial charge on any atom is 0.407 e. The maximum atomic E-state index is 11.8. The lowest BCUT2D eigenvalue weighted by atomic mass is 10.1. The molecule has 3 atom stereocenters. The van der Waals surface area contributed by atoms with Crippen molar-refractivity contribution in [2.24, 2.45) is 5.73 Å². The van der Waals surface area contributed by atoms with Gasteiger partial charge in [0.1, 0.15) is 5.60 Å². The molecular formula is C14H29N3O2S. The van der Waals surface area contributed by atoms with E-state index < -0.39 is 5.60 Å². The van der Waals surface area contributed by atoms with Crippen LogP contribution in [0.4, 0.5) is 4.79 Å². The molecule has 1 rings (SSSR count). The van der Waals surface area contributed by atoms with E-state index in [4.69, 9.17) is 10.5 Å². The van der Waals surface area contributed by atoms with Crippen molar-refractivity contribution in [1.29, 1.82) is 0 Å². The van der Waals surface area contributed by atoms with E-state index in [1.54, 1.807) is 0 Å². The molecular weight excluding hydrogens is 274 g/mol. The predicted octanol–water partition coefficient (Wildman–Crippen LogP) is 1.66. The first kappa shape index (κ1) is 17.6. The van der Waals surface area contributed by atoms with Crippen molar-refractivity contribution < 1.29 is 9.53 Å². The van der Waals surface area contributed by atoms with E-state index in [0.29, 0.717) is 12.6 Å². The predicted molar refractivity (Wildman–Crippen MR) is 85.2 cm³/mol. The Hall–Kier alpha value is -0.460. The fraction of sp³-hybridized carbons (Fsp3) is 0.929. The zero-order valence-corrected chi connectivity index (χ0v) is 14.1. The molecule has 1 fully saturated rings. The van der Waals surface area contributed by atoms with Gasteiger partial charge in [0.25, 0.3) is 0 Å². The topological polar surface area (TPSA) is 67.6 Å². The smallest absolute Gasteiger partial charge is 0.407 e. The number of nitrogens with one attached hydrogen (secondary N) is 1. The van der Waals surface area contributed by atoms with Crippen LogP contribution in [0.3, 0.4) is 0 Å². The van der Waals surface area contributed by atoms with Crippen molar-refractivity contribution in [2.75, 3.05) is 25.1 Å². The minimum absolute atomic E-state index is 0.0366. The van der Waals surface area contributed by atoms with Gasteiger partial charge in [-0.15, -0.1) is 0 Å². The fourth-order valence-corrected chi connectivity index (χ4v) is 3.71. The van der Waals surface area contributed by atoms with Crippen LogP contribution in [0.15, 0.2) is 0 Å². The molecule has 3 unspecified atom stereocenters. The van der Waals surface area contributed by atoms with Gasteiger partial charge < -0.3 is 15.8 Å². The number of thioether (sulfide) groups is 1. The number of nitrogens with zero attached hydrogens (tertiary/aromatic N) is 1. The largest absolute Gasteiger partial charge is 0.444 e. The van der Waals surface area contributed by atoms with E-state index in [-0.39, 0.29) is 18.2 Å². The summed E-state index contributed by atoms with van der Waals surface area (Å²) in [7, 11) is 2.10. The minimum atomic E-state index is -0.476. The summed E-state index contributed by atoms with van der Waals surface area (Å²) in [5.41, 5.74) is 5.43. The summed E-state index contributed by atoms with van der Waals surface area (Å²) in [6.07, 6.45) is 0.814. The van der Waals surface area contributed by atoms with Gasteiger partial charge in [0.05, 0.1) is 0 Å². The van der Waals surface area contributed by atoms with Gasteiger partial charge in [-0.25, -0.2) is 4.79 Å². The zero-order chi connectivity index (χ0) is 15.3. The molecule has 0 aromatic heterocycles. The average Bonchev–Trinajstić information content (AvgIpc) is 2.79. The summed E-state index contributed by atoms with van der Waals surface area (Å²) in [6.45, 7) is 8.09. The van der Waals surface area contributed by atoms with Gasteiger partial charge in [0, 0.05) is 30.4 Å². The highest BCUT2D eigenvalue weighted by atomic mass is 32.2. The lowest BCUT2D eigenvalue weighted by molar-refractivity contribution is 0.0467. The lowest BCUT2D eigenvalue weighted by Gasteiger charge is -2.36. The number of carbonyl (C=O) groups excluding carboxylic acids is 1. The molecule has 5 nitrogen and oxygen atoms in total. The summed E-state index contributed by atoms with van der Waals surface area (Å²) >= 11 is 1.98. The normalized spacial score (nSPS) is 22.6. The minimum Gasteiger partial charge on any atom is -0.444 e. The highest BCUT2D eigenvalue weighted by Gasteiger charge is 2.30. The highest BCUT2D eigenvalue weighted by molar-refractivity contribution is 7.99. The third kappa shape index (κ3) is 5.50. The summed E-state index contributed by atoms with van der Waals surface area (Å²) in [5.74, 6) is 2.35. The van der Waals surface area contributed by atoms with Crippen molar-refractivity contribution in [3.63, 3.8) is 0 Å². The van der Waals surface area contributed by atoms with Crippen molar-refractivity contribution in [2.45, 2.75) is 57.8 Å². The molecule has 0 aromatic carbocycles. The van der Waals surface area contributed by atoms with E-state index in [2.05, 4.69) is 17.3 Å². The molecule has 0 aromatic rings. The van der Waals surface area contributed by atoms with E-state index in [1.807, 2.05) is 39.5 Å². The van der Waals surface area contributed by atoms with Gasteiger partial charge in [-0.3, -0.25) is 4.90 Å². The number of hydrogen-bond donors (Lipinski definition) is 2. The van der Waals surface area contributed by atoms with Gasteiger partial charge >= 0.3 is 6.09 Å². The van der Waals surface area contributed by atoms with E-state index in [1.165, 1.54) is 12.2 Å². The second-order valence-electron chi connectivity index (χ2n) is 6.42. The third-order valence-electron chi connectivity index (χ3n) is 3.57. The Bertz CT molecular complexity index is 314. The molecule has 1 heterocycles. The Balaban J connectivity index is 2.53. The molecule has 0 spiro atoms. The Morgan fingerprint density at radius 3 is 2.65 bits per heavy atom. The maximum absolute atomic E-state index is 11.8. The molecule has 118 valence electrons. The Kier molecular flexibility index (Phi) is 6.61. The molecule has 3 N–H and O–H groups in total. The van der Waals surface area contributed by atoms with Crippen molar-refractivity contribution >= 4 is 17.9 Å². The standard InChI is InChI=1S/C14H29N3O2S/c1-10(16-13(18)19-14(2,3)4)12(8-15)17(5)11-6-7-20-9-11/h10-12H,6-9,15H2,1-5H3,(H,16,18). The van der Waals surface area contributed by atoms with E-state index >= 15 is 0 Å². The van der Waals surface area contributed by atoms with Crippen LogP contribution in [0, 0.1) is 0 Å². The second kappa shape index (κ2) is 7.52.